The molecule has 0 saturated carbocycles. The van der Waals surface area contributed by atoms with Gasteiger partial charge in [-0.3, -0.25) is 10.6 Å². The van der Waals surface area contributed by atoms with Crippen molar-refractivity contribution in [2.75, 3.05) is 0 Å². The van der Waals surface area contributed by atoms with E-state index in [0.717, 1.165) is 22.4 Å². The molecule has 7 aromatic carbocycles. The summed E-state index contributed by atoms with van der Waals surface area (Å²) in [5.74, 6) is 0. The Morgan fingerprint density at radius 3 is 2.21 bits per heavy atom. The number of fused-ring (bicyclic) bond motifs is 6. The fourth-order valence-corrected chi connectivity index (χ4v) is 8.62. The van der Waals surface area contributed by atoms with Crippen LogP contribution in [0.2, 0.25) is 0 Å². The molecule has 2 unspecified atom stereocenters. The number of thiophene rings is 1. The lowest BCUT2D eigenvalue weighted by Gasteiger charge is -2.25. The van der Waals surface area contributed by atoms with Gasteiger partial charge >= 0.3 is 0 Å². The van der Waals surface area contributed by atoms with Crippen LogP contribution in [0.15, 0.2) is 164 Å². The normalized spacial score (nSPS) is 12.8. The van der Waals surface area contributed by atoms with E-state index in [1.807, 2.05) is 65.9 Å². The van der Waals surface area contributed by atoms with Crippen molar-refractivity contribution in [1.29, 1.82) is 5.26 Å². The van der Waals surface area contributed by atoms with E-state index in [2.05, 4.69) is 130 Å². The predicted molar refractivity (Wildman–Crippen MR) is 216 cm³/mol. The topological polar surface area (TPSA) is 78.8 Å². The molecule has 0 aliphatic heterocycles. The largest absolute Gasteiger partial charge is 0.312 e. The fourth-order valence-electron chi connectivity index (χ4n) is 7.39. The monoisotopic (exact) mass is 689 g/mol. The second-order valence-corrected chi connectivity index (χ2v) is 14.2. The lowest BCUT2D eigenvalue weighted by Crippen LogP contribution is -2.39. The van der Waals surface area contributed by atoms with Gasteiger partial charge in [0.1, 0.15) is 0 Å². The molecule has 2 heterocycles. The molecule has 2 aromatic heterocycles. The summed E-state index contributed by atoms with van der Waals surface area (Å²) in [6.45, 7) is 0.568. The van der Waals surface area contributed by atoms with Gasteiger partial charge in [-0.25, -0.2) is 0 Å². The first kappa shape index (κ1) is 31.9. The molecule has 4 N–H and O–H groups in total. The second-order valence-electron chi connectivity index (χ2n) is 13.1. The maximum Gasteiger partial charge on any atom is 0.0991 e. The lowest BCUT2D eigenvalue weighted by molar-refractivity contribution is 0.386. The zero-order valence-corrected chi connectivity index (χ0v) is 29.1. The van der Waals surface area contributed by atoms with Crippen LogP contribution >= 0.6 is 11.3 Å². The van der Waals surface area contributed by atoms with E-state index in [4.69, 9.17) is 5.73 Å². The molecule has 5 nitrogen and oxygen atoms in total. The Morgan fingerprint density at radius 1 is 0.635 bits per heavy atom. The fraction of sp³-hybridized carbons (Fsp3) is 0.0652. The minimum atomic E-state index is -0.384. The van der Waals surface area contributed by atoms with Crippen molar-refractivity contribution in [1.82, 2.24) is 15.2 Å². The van der Waals surface area contributed by atoms with E-state index < -0.39 is 0 Å². The Morgan fingerprint density at radius 2 is 1.37 bits per heavy atom. The molecular formula is C46H35N5S. The van der Waals surface area contributed by atoms with Gasteiger partial charge < -0.3 is 10.3 Å². The zero-order valence-electron chi connectivity index (χ0n) is 28.3. The van der Waals surface area contributed by atoms with Gasteiger partial charge in [0.25, 0.3) is 0 Å². The highest BCUT2D eigenvalue weighted by molar-refractivity contribution is 7.26. The number of benzene rings is 7. The SMILES string of the molecule is N#Cc1cccc(CNC(NC(N)c2ccccc2)c2ccc(-n3c4ccccc4c4ccc(-c5cccc6c5sc5ccccc56)cc43)cc2)c1. The Hall–Kier alpha value is -6.07. The number of nitrogens with zero attached hydrogens (tertiary/aromatic N) is 2. The summed E-state index contributed by atoms with van der Waals surface area (Å²) in [7, 11) is 0. The number of nitrogens with one attached hydrogen (secondary N) is 2. The summed E-state index contributed by atoms with van der Waals surface area (Å²) in [6.07, 6.45) is -0.633. The number of hydrogen-bond acceptors (Lipinski definition) is 5. The van der Waals surface area contributed by atoms with Crippen molar-refractivity contribution in [3.8, 4) is 22.9 Å². The molecule has 0 fully saturated rings. The minimum absolute atomic E-state index is 0.249. The van der Waals surface area contributed by atoms with Crippen molar-refractivity contribution in [2.24, 2.45) is 5.73 Å². The first-order chi connectivity index (χ1) is 25.6. The molecule has 6 heteroatoms. The van der Waals surface area contributed by atoms with E-state index >= 15 is 0 Å². The highest BCUT2D eigenvalue weighted by Gasteiger charge is 2.18. The number of para-hydroxylation sites is 1. The predicted octanol–water partition coefficient (Wildman–Crippen LogP) is 10.7. The van der Waals surface area contributed by atoms with E-state index in [1.165, 1.54) is 53.1 Å². The second kappa shape index (κ2) is 13.6. The van der Waals surface area contributed by atoms with Gasteiger partial charge in [-0.1, -0.05) is 121 Å². The van der Waals surface area contributed by atoms with E-state index in [-0.39, 0.29) is 12.3 Å². The summed E-state index contributed by atoms with van der Waals surface area (Å²) < 4.78 is 5.00. The first-order valence-electron chi connectivity index (χ1n) is 17.5. The van der Waals surface area contributed by atoms with Gasteiger partial charge in [0, 0.05) is 43.2 Å². The first-order valence-corrected chi connectivity index (χ1v) is 18.3. The Balaban J connectivity index is 1.11. The van der Waals surface area contributed by atoms with Crippen LogP contribution in [0.3, 0.4) is 0 Å². The molecule has 9 aromatic rings. The number of rotatable bonds is 9. The molecular weight excluding hydrogens is 655 g/mol. The molecule has 0 radical (unpaired) electrons. The summed E-state index contributed by atoms with van der Waals surface area (Å²) in [4.78, 5) is 0. The maximum atomic E-state index is 9.44. The lowest BCUT2D eigenvalue weighted by atomic mass is 10.0. The van der Waals surface area contributed by atoms with Crippen LogP contribution < -0.4 is 16.4 Å². The van der Waals surface area contributed by atoms with Gasteiger partial charge in [0.15, 0.2) is 0 Å². The van der Waals surface area contributed by atoms with Crippen LogP contribution in [-0.4, -0.2) is 4.57 Å². The third kappa shape index (κ3) is 5.82. The van der Waals surface area contributed by atoms with Gasteiger partial charge in [-0.15, -0.1) is 11.3 Å². The van der Waals surface area contributed by atoms with Crippen LogP contribution in [0.25, 0.3) is 58.8 Å². The van der Waals surface area contributed by atoms with Crippen molar-refractivity contribution < 1.29 is 0 Å². The molecule has 250 valence electrons. The molecule has 0 bridgehead atoms. The number of hydrogen-bond donors (Lipinski definition) is 3. The Labute approximate surface area is 306 Å². The maximum absolute atomic E-state index is 9.44. The van der Waals surface area contributed by atoms with Gasteiger partial charge in [0.05, 0.1) is 35.0 Å². The summed E-state index contributed by atoms with van der Waals surface area (Å²) >= 11 is 1.86. The molecule has 0 spiro atoms. The van der Waals surface area contributed by atoms with Crippen molar-refractivity contribution in [3.63, 3.8) is 0 Å². The third-order valence-corrected chi connectivity index (χ3v) is 11.2. The van der Waals surface area contributed by atoms with Crippen LogP contribution in [0.5, 0.6) is 0 Å². The summed E-state index contributed by atoms with van der Waals surface area (Å²) in [5.41, 5.74) is 16.3. The molecule has 0 saturated heterocycles. The highest BCUT2D eigenvalue weighted by atomic mass is 32.1. The zero-order chi connectivity index (χ0) is 35.0. The third-order valence-electron chi connectivity index (χ3n) is 9.94. The van der Waals surface area contributed by atoms with Crippen molar-refractivity contribution in [2.45, 2.75) is 18.9 Å². The van der Waals surface area contributed by atoms with Gasteiger partial charge in [0.2, 0.25) is 0 Å². The van der Waals surface area contributed by atoms with Crippen LogP contribution in [0.1, 0.15) is 34.6 Å². The van der Waals surface area contributed by atoms with Crippen molar-refractivity contribution in [3.05, 3.63) is 186 Å². The standard InChI is InChI=1S/C46H35N5S/c47-28-30-10-8-11-31(26-30)29-49-46(50-45(48)32-12-2-1-3-13-32)33-20-23-35(24-21-33)51-41-18-6-4-14-37(41)38-25-22-34(27-42(38)51)36-16-9-17-40-39-15-5-7-19-43(39)52-44(36)40/h1-27,45-46,49-50H,29,48H2. The number of nitrogens with two attached hydrogens (primary N) is 1. The molecule has 0 amide bonds. The summed E-state index contributed by atoms with van der Waals surface area (Å²) in [5, 5.41) is 21.8. The van der Waals surface area contributed by atoms with E-state index in [9.17, 15) is 5.26 Å². The van der Waals surface area contributed by atoms with E-state index in [0.29, 0.717) is 12.1 Å². The number of aromatic nitrogens is 1. The molecule has 0 aliphatic rings. The average Bonchev–Trinajstić information content (AvgIpc) is 3.75. The molecule has 0 aliphatic carbocycles. The van der Waals surface area contributed by atoms with Crippen LogP contribution in [-0.2, 0) is 6.54 Å². The Kier molecular flexibility index (Phi) is 8.32. The average molecular weight is 690 g/mol. The van der Waals surface area contributed by atoms with Crippen LogP contribution in [0, 0.1) is 11.3 Å². The summed E-state index contributed by atoms with van der Waals surface area (Å²) in [6, 6.07) is 59.6. The van der Waals surface area contributed by atoms with Gasteiger partial charge in [-0.2, -0.15) is 5.26 Å². The smallest absolute Gasteiger partial charge is 0.0991 e. The molecule has 9 rings (SSSR count). The quantitative estimate of drug-likeness (QED) is 0.132. The molecule has 52 heavy (non-hydrogen) atoms. The highest BCUT2D eigenvalue weighted by Crippen LogP contribution is 2.41. The number of nitriles is 1. The molecule has 2 atom stereocenters. The van der Waals surface area contributed by atoms with Crippen molar-refractivity contribution >= 4 is 53.3 Å². The minimum Gasteiger partial charge on any atom is -0.312 e. The van der Waals surface area contributed by atoms with Gasteiger partial charge in [-0.05, 0) is 70.3 Å². The van der Waals surface area contributed by atoms with E-state index in [1.54, 1.807) is 0 Å². The Bertz CT molecular complexity index is 2760. The van der Waals surface area contributed by atoms with Crippen LogP contribution in [0.4, 0.5) is 0 Å².